The second-order valence-corrected chi connectivity index (χ2v) is 5.31. The lowest BCUT2D eigenvalue weighted by atomic mass is 10.2. The van der Waals surface area contributed by atoms with Crippen molar-refractivity contribution in [3.63, 3.8) is 0 Å². The topological polar surface area (TPSA) is 89.6 Å². The second kappa shape index (κ2) is 4.52. The van der Waals surface area contributed by atoms with Crippen LogP contribution in [0.1, 0.15) is 17.3 Å². The number of aromatic nitrogens is 5. The molecular weight excluding hydrogens is 282 g/mol. The van der Waals surface area contributed by atoms with E-state index in [2.05, 4.69) is 20.1 Å². The molecule has 0 unspecified atom stereocenters. The highest BCUT2D eigenvalue weighted by Gasteiger charge is 2.12. The third-order valence-electron chi connectivity index (χ3n) is 3.60. The van der Waals surface area contributed by atoms with Crippen LogP contribution in [0, 0.1) is 13.8 Å². The van der Waals surface area contributed by atoms with Crippen molar-refractivity contribution >= 4 is 21.9 Å². The quantitative estimate of drug-likeness (QED) is 0.610. The van der Waals surface area contributed by atoms with Crippen LogP contribution in [-0.4, -0.2) is 24.7 Å². The first-order valence-electron chi connectivity index (χ1n) is 6.88. The molecule has 110 valence electrons. The number of aromatic amines is 1. The molecule has 0 radical (unpaired) electrons. The molecule has 0 spiro atoms. The van der Waals surface area contributed by atoms with Crippen molar-refractivity contribution in [2.24, 2.45) is 0 Å². The molecule has 0 aliphatic carbocycles. The molecule has 0 fully saturated rings. The van der Waals surface area contributed by atoms with Crippen LogP contribution in [0.3, 0.4) is 0 Å². The zero-order chi connectivity index (χ0) is 15.3. The van der Waals surface area contributed by atoms with Gasteiger partial charge in [-0.3, -0.25) is 9.36 Å². The average Bonchev–Trinajstić information content (AvgIpc) is 3.06. The number of hydrogen-bond acceptors (Lipinski definition) is 5. The van der Waals surface area contributed by atoms with Gasteiger partial charge >= 0.3 is 0 Å². The molecule has 3 heterocycles. The van der Waals surface area contributed by atoms with E-state index in [1.807, 2.05) is 25.1 Å². The standard InChI is InChI=1S/C15H13N5O2/c1-8-3-4-11-10(5-8)13-14(18-11)15(21)20(7-16-13)6-12-17-9(2)19-22-12/h3-5,7,18H,6H2,1-2H3. The first-order valence-corrected chi connectivity index (χ1v) is 6.88. The van der Waals surface area contributed by atoms with E-state index in [0.29, 0.717) is 22.7 Å². The maximum atomic E-state index is 12.6. The maximum Gasteiger partial charge on any atom is 0.278 e. The van der Waals surface area contributed by atoms with Gasteiger partial charge in [-0.05, 0) is 26.0 Å². The second-order valence-electron chi connectivity index (χ2n) is 5.31. The summed E-state index contributed by atoms with van der Waals surface area (Å²) in [6.45, 7) is 3.95. The highest BCUT2D eigenvalue weighted by molar-refractivity contribution is 6.04. The van der Waals surface area contributed by atoms with Crippen molar-refractivity contribution < 1.29 is 4.52 Å². The van der Waals surface area contributed by atoms with Crippen LogP contribution in [0.4, 0.5) is 0 Å². The number of nitrogens with one attached hydrogen (secondary N) is 1. The number of hydrogen-bond donors (Lipinski definition) is 1. The van der Waals surface area contributed by atoms with Gasteiger partial charge in [0.2, 0.25) is 5.89 Å². The summed E-state index contributed by atoms with van der Waals surface area (Å²) in [5, 5.41) is 4.67. The summed E-state index contributed by atoms with van der Waals surface area (Å²) in [6, 6.07) is 5.97. The lowest BCUT2D eigenvalue weighted by molar-refractivity contribution is 0.366. The van der Waals surface area contributed by atoms with Crippen LogP contribution in [0.2, 0.25) is 0 Å². The Morgan fingerprint density at radius 3 is 2.95 bits per heavy atom. The highest BCUT2D eigenvalue weighted by atomic mass is 16.5. The molecule has 4 rings (SSSR count). The van der Waals surface area contributed by atoms with E-state index in [1.54, 1.807) is 6.92 Å². The fourth-order valence-corrected chi connectivity index (χ4v) is 2.57. The molecule has 1 N–H and O–H groups in total. The lowest BCUT2D eigenvalue weighted by Crippen LogP contribution is -2.21. The zero-order valence-corrected chi connectivity index (χ0v) is 12.1. The van der Waals surface area contributed by atoms with Crippen molar-refractivity contribution in [1.82, 2.24) is 24.7 Å². The Kier molecular flexibility index (Phi) is 2.62. The van der Waals surface area contributed by atoms with Crippen molar-refractivity contribution in [2.75, 3.05) is 0 Å². The summed E-state index contributed by atoms with van der Waals surface area (Å²) >= 11 is 0. The molecule has 22 heavy (non-hydrogen) atoms. The zero-order valence-electron chi connectivity index (χ0n) is 12.1. The summed E-state index contributed by atoms with van der Waals surface area (Å²) in [4.78, 5) is 24.3. The Morgan fingerprint density at radius 2 is 2.18 bits per heavy atom. The van der Waals surface area contributed by atoms with Gasteiger partial charge in [-0.2, -0.15) is 4.98 Å². The Hall–Kier alpha value is -2.96. The number of nitrogens with zero attached hydrogens (tertiary/aromatic N) is 4. The molecule has 7 heteroatoms. The number of fused-ring (bicyclic) bond motifs is 3. The third-order valence-corrected chi connectivity index (χ3v) is 3.60. The monoisotopic (exact) mass is 295 g/mol. The fourth-order valence-electron chi connectivity index (χ4n) is 2.57. The molecule has 0 aliphatic heterocycles. The van der Waals surface area contributed by atoms with Crippen LogP contribution in [0.15, 0.2) is 33.8 Å². The molecule has 0 saturated carbocycles. The smallest absolute Gasteiger partial charge is 0.278 e. The number of aryl methyl sites for hydroxylation is 2. The molecule has 0 bridgehead atoms. The SMILES string of the molecule is Cc1ccc2[nH]c3c(=O)n(Cc4nc(C)no4)cnc3c2c1. The van der Waals surface area contributed by atoms with E-state index >= 15 is 0 Å². The predicted octanol–water partition coefficient (Wildman–Crippen LogP) is 1.93. The Balaban J connectivity index is 1.90. The summed E-state index contributed by atoms with van der Waals surface area (Å²) in [5.41, 5.74) is 3.04. The van der Waals surface area contributed by atoms with E-state index in [4.69, 9.17) is 4.52 Å². The number of benzene rings is 1. The van der Waals surface area contributed by atoms with Crippen LogP contribution in [0.25, 0.3) is 21.9 Å². The van der Waals surface area contributed by atoms with Gasteiger partial charge in [-0.25, -0.2) is 4.98 Å². The minimum Gasteiger partial charge on any atom is -0.349 e. The Morgan fingerprint density at radius 1 is 1.32 bits per heavy atom. The highest BCUT2D eigenvalue weighted by Crippen LogP contribution is 2.22. The van der Waals surface area contributed by atoms with Gasteiger partial charge in [0.1, 0.15) is 17.6 Å². The molecule has 0 aliphatic rings. The Bertz CT molecular complexity index is 1060. The largest absolute Gasteiger partial charge is 0.349 e. The van der Waals surface area contributed by atoms with Crippen molar-refractivity contribution in [2.45, 2.75) is 20.4 Å². The van der Waals surface area contributed by atoms with Gasteiger partial charge in [0.15, 0.2) is 5.82 Å². The van der Waals surface area contributed by atoms with Gasteiger partial charge in [0.25, 0.3) is 5.56 Å². The minimum absolute atomic E-state index is 0.158. The number of H-pyrrole nitrogens is 1. The van der Waals surface area contributed by atoms with Gasteiger partial charge in [0.05, 0.1) is 6.33 Å². The van der Waals surface area contributed by atoms with Crippen molar-refractivity contribution in [3.05, 3.63) is 52.2 Å². The van der Waals surface area contributed by atoms with Gasteiger partial charge in [0, 0.05) is 10.9 Å². The van der Waals surface area contributed by atoms with E-state index in [9.17, 15) is 4.79 Å². The van der Waals surface area contributed by atoms with E-state index < -0.39 is 0 Å². The maximum absolute atomic E-state index is 12.6. The Labute approximate surface area is 124 Å². The first kappa shape index (κ1) is 12.8. The first-order chi connectivity index (χ1) is 10.6. The van der Waals surface area contributed by atoms with E-state index in [-0.39, 0.29) is 12.1 Å². The molecular formula is C15H13N5O2. The molecule has 7 nitrogen and oxygen atoms in total. The van der Waals surface area contributed by atoms with Gasteiger partial charge in [-0.1, -0.05) is 16.8 Å². The molecule has 0 amide bonds. The van der Waals surface area contributed by atoms with Gasteiger partial charge < -0.3 is 9.51 Å². The average molecular weight is 295 g/mol. The van der Waals surface area contributed by atoms with Crippen molar-refractivity contribution in [3.8, 4) is 0 Å². The number of rotatable bonds is 2. The summed E-state index contributed by atoms with van der Waals surface area (Å²) in [7, 11) is 0. The lowest BCUT2D eigenvalue weighted by Gasteiger charge is -2.00. The normalized spacial score (nSPS) is 11.5. The minimum atomic E-state index is -0.158. The summed E-state index contributed by atoms with van der Waals surface area (Å²) < 4.78 is 6.51. The van der Waals surface area contributed by atoms with E-state index in [0.717, 1.165) is 16.5 Å². The molecule has 1 aromatic carbocycles. The van der Waals surface area contributed by atoms with Crippen LogP contribution < -0.4 is 5.56 Å². The van der Waals surface area contributed by atoms with E-state index in [1.165, 1.54) is 10.9 Å². The molecule has 0 saturated heterocycles. The summed E-state index contributed by atoms with van der Waals surface area (Å²) in [5.74, 6) is 0.922. The van der Waals surface area contributed by atoms with Crippen molar-refractivity contribution in [1.29, 1.82) is 0 Å². The molecule has 3 aromatic heterocycles. The van der Waals surface area contributed by atoms with Crippen LogP contribution in [-0.2, 0) is 6.54 Å². The van der Waals surface area contributed by atoms with Crippen LogP contribution >= 0.6 is 0 Å². The van der Waals surface area contributed by atoms with Crippen LogP contribution in [0.5, 0.6) is 0 Å². The third kappa shape index (κ3) is 1.90. The van der Waals surface area contributed by atoms with Gasteiger partial charge in [-0.15, -0.1) is 0 Å². The summed E-state index contributed by atoms with van der Waals surface area (Å²) in [6.07, 6.45) is 1.51. The fraction of sp³-hybridized carbons (Fsp3) is 0.200. The molecule has 4 aromatic rings. The predicted molar refractivity (Wildman–Crippen MR) is 80.7 cm³/mol. The molecule has 0 atom stereocenters.